The Morgan fingerprint density at radius 2 is 1.94 bits per heavy atom. The van der Waals surface area contributed by atoms with Crippen molar-refractivity contribution >= 4 is 38.3 Å². The lowest BCUT2D eigenvalue weighted by Crippen LogP contribution is -2.48. The van der Waals surface area contributed by atoms with E-state index in [0.29, 0.717) is 37.0 Å². The van der Waals surface area contributed by atoms with Crippen molar-refractivity contribution in [1.29, 1.82) is 0 Å². The molecule has 164 valence electrons. The number of nitrogens with one attached hydrogen (secondary N) is 1. The molecule has 2 heterocycles. The predicted octanol–water partition coefficient (Wildman–Crippen LogP) is 4.08. The zero-order chi connectivity index (χ0) is 22.0. The molecule has 4 rings (SSSR count). The van der Waals surface area contributed by atoms with Crippen LogP contribution in [-0.2, 0) is 11.0 Å². The number of carbonyl (C=O) groups is 1. The first-order valence-electron chi connectivity index (χ1n) is 9.71. The standard InChI is InChI=1S/C21H21F3N4O2S/c1-30-16-5-6-17-18(12-16)31-20(25-17)26-19(29)13-27-7-9-28(10-8-27)15-4-2-3-14(11-15)21(22,23)24/h2-6,11-12H,7-10,13H2,1H3,(H,25,26,29). The second-order valence-corrected chi connectivity index (χ2v) is 8.24. The van der Waals surface area contributed by atoms with Gasteiger partial charge in [-0.05, 0) is 36.4 Å². The molecule has 0 saturated carbocycles. The molecule has 1 aliphatic heterocycles. The fourth-order valence-corrected chi connectivity index (χ4v) is 4.40. The summed E-state index contributed by atoms with van der Waals surface area (Å²) < 4.78 is 45.0. The molecule has 0 bridgehead atoms. The van der Waals surface area contributed by atoms with E-state index < -0.39 is 11.7 Å². The van der Waals surface area contributed by atoms with E-state index in [4.69, 9.17) is 4.74 Å². The van der Waals surface area contributed by atoms with Gasteiger partial charge in [0.2, 0.25) is 5.91 Å². The third kappa shape index (κ3) is 5.08. The number of hydrogen-bond acceptors (Lipinski definition) is 6. The van der Waals surface area contributed by atoms with Gasteiger partial charge in [0, 0.05) is 31.9 Å². The molecule has 2 aromatic carbocycles. The fourth-order valence-electron chi connectivity index (χ4n) is 3.49. The molecule has 0 radical (unpaired) electrons. The zero-order valence-electron chi connectivity index (χ0n) is 16.8. The lowest BCUT2D eigenvalue weighted by Gasteiger charge is -2.35. The number of rotatable bonds is 5. The number of aromatic nitrogens is 1. The van der Waals surface area contributed by atoms with Crippen LogP contribution in [0.25, 0.3) is 10.2 Å². The number of methoxy groups -OCH3 is 1. The second kappa shape index (κ2) is 8.72. The summed E-state index contributed by atoms with van der Waals surface area (Å²) in [6, 6.07) is 10.9. The number of fused-ring (bicyclic) bond motifs is 1. The Balaban J connectivity index is 1.31. The van der Waals surface area contributed by atoms with Crippen LogP contribution in [-0.4, -0.2) is 55.6 Å². The molecule has 1 fully saturated rings. The van der Waals surface area contributed by atoms with Gasteiger partial charge in [-0.3, -0.25) is 9.69 Å². The molecule has 0 atom stereocenters. The summed E-state index contributed by atoms with van der Waals surface area (Å²) in [5.41, 5.74) is 0.680. The van der Waals surface area contributed by atoms with Crippen LogP contribution < -0.4 is 15.0 Å². The highest BCUT2D eigenvalue weighted by Crippen LogP contribution is 2.32. The predicted molar refractivity (Wildman–Crippen MR) is 115 cm³/mol. The summed E-state index contributed by atoms with van der Waals surface area (Å²) in [7, 11) is 1.59. The lowest BCUT2D eigenvalue weighted by molar-refractivity contribution is -0.137. The van der Waals surface area contributed by atoms with Gasteiger partial charge in [-0.25, -0.2) is 4.98 Å². The molecule has 6 nitrogen and oxygen atoms in total. The van der Waals surface area contributed by atoms with Gasteiger partial charge in [-0.2, -0.15) is 13.2 Å². The van der Waals surface area contributed by atoms with Crippen molar-refractivity contribution in [3.8, 4) is 5.75 Å². The molecular formula is C21H21F3N4O2S. The largest absolute Gasteiger partial charge is 0.497 e. The quantitative estimate of drug-likeness (QED) is 0.635. The summed E-state index contributed by atoms with van der Waals surface area (Å²) in [5, 5.41) is 3.35. The van der Waals surface area contributed by atoms with Crippen LogP contribution >= 0.6 is 11.3 Å². The van der Waals surface area contributed by atoms with E-state index >= 15 is 0 Å². The molecule has 1 N–H and O–H groups in total. The van der Waals surface area contributed by atoms with Gasteiger partial charge in [0.15, 0.2) is 5.13 Å². The lowest BCUT2D eigenvalue weighted by atomic mass is 10.1. The Hall–Kier alpha value is -2.85. The molecule has 10 heteroatoms. The second-order valence-electron chi connectivity index (χ2n) is 7.21. The third-order valence-corrected chi connectivity index (χ3v) is 6.05. The zero-order valence-corrected chi connectivity index (χ0v) is 17.6. The first kappa shape index (κ1) is 21.4. The topological polar surface area (TPSA) is 57.7 Å². The maximum absolute atomic E-state index is 12.9. The first-order chi connectivity index (χ1) is 14.8. The number of halogens is 3. The SMILES string of the molecule is COc1ccc2nc(NC(=O)CN3CCN(c4cccc(C(F)(F)F)c4)CC3)sc2c1. The van der Waals surface area contributed by atoms with Crippen LogP contribution in [0.1, 0.15) is 5.56 Å². The minimum Gasteiger partial charge on any atom is -0.497 e. The van der Waals surface area contributed by atoms with Crippen LogP contribution in [0.4, 0.5) is 24.0 Å². The van der Waals surface area contributed by atoms with Crippen molar-refractivity contribution in [3.05, 3.63) is 48.0 Å². The number of ether oxygens (including phenoxy) is 1. The Labute approximate surface area is 181 Å². The van der Waals surface area contributed by atoms with Crippen molar-refractivity contribution < 1.29 is 22.7 Å². The van der Waals surface area contributed by atoms with Gasteiger partial charge in [-0.15, -0.1) is 0 Å². The smallest absolute Gasteiger partial charge is 0.416 e. The fraction of sp³-hybridized carbons (Fsp3) is 0.333. The van der Waals surface area contributed by atoms with Crippen molar-refractivity contribution in [1.82, 2.24) is 9.88 Å². The summed E-state index contributed by atoms with van der Waals surface area (Å²) in [5.74, 6) is 0.561. The Morgan fingerprint density at radius 1 is 1.16 bits per heavy atom. The summed E-state index contributed by atoms with van der Waals surface area (Å²) >= 11 is 1.38. The monoisotopic (exact) mass is 450 g/mol. The Bertz CT molecular complexity index is 1080. The number of anilines is 2. The molecule has 1 saturated heterocycles. The first-order valence-corrected chi connectivity index (χ1v) is 10.5. The van der Waals surface area contributed by atoms with E-state index in [1.54, 1.807) is 13.2 Å². The molecule has 0 unspecified atom stereocenters. The molecule has 1 aromatic heterocycles. The van der Waals surface area contributed by atoms with Crippen LogP contribution in [0.2, 0.25) is 0 Å². The summed E-state index contributed by atoms with van der Waals surface area (Å²) in [4.78, 5) is 20.7. The van der Waals surface area contributed by atoms with E-state index in [2.05, 4.69) is 10.3 Å². The van der Waals surface area contributed by atoms with Crippen LogP contribution in [0.3, 0.4) is 0 Å². The number of alkyl halides is 3. The molecule has 1 amide bonds. The van der Waals surface area contributed by atoms with Crippen LogP contribution in [0.5, 0.6) is 5.75 Å². The van der Waals surface area contributed by atoms with Gasteiger partial charge in [-0.1, -0.05) is 17.4 Å². The van der Waals surface area contributed by atoms with Crippen molar-refractivity contribution in [2.75, 3.05) is 50.1 Å². The highest BCUT2D eigenvalue weighted by Gasteiger charge is 2.31. The highest BCUT2D eigenvalue weighted by atomic mass is 32.1. The van der Waals surface area contributed by atoms with Crippen LogP contribution in [0, 0.1) is 0 Å². The third-order valence-electron chi connectivity index (χ3n) is 5.12. The Morgan fingerprint density at radius 3 is 2.65 bits per heavy atom. The minimum atomic E-state index is -4.36. The minimum absolute atomic E-state index is 0.168. The number of hydrogen-bond donors (Lipinski definition) is 1. The highest BCUT2D eigenvalue weighted by molar-refractivity contribution is 7.22. The van der Waals surface area contributed by atoms with E-state index in [1.165, 1.54) is 23.5 Å². The van der Waals surface area contributed by atoms with Crippen molar-refractivity contribution in [2.24, 2.45) is 0 Å². The molecule has 31 heavy (non-hydrogen) atoms. The molecule has 3 aromatic rings. The summed E-state index contributed by atoms with van der Waals surface area (Å²) in [6.45, 7) is 2.47. The van der Waals surface area contributed by atoms with Crippen LogP contribution in [0.15, 0.2) is 42.5 Å². The average molecular weight is 450 g/mol. The van der Waals surface area contributed by atoms with Gasteiger partial charge in [0.25, 0.3) is 0 Å². The van der Waals surface area contributed by atoms with Crippen molar-refractivity contribution in [3.63, 3.8) is 0 Å². The Kier molecular flexibility index (Phi) is 6.01. The van der Waals surface area contributed by atoms with E-state index in [-0.39, 0.29) is 12.5 Å². The van der Waals surface area contributed by atoms with E-state index in [1.807, 2.05) is 28.0 Å². The van der Waals surface area contributed by atoms with E-state index in [0.717, 1.165) is 22.0 Å². The number of nitrogens with zero attached hydrogens (tertiary/aromatic N) is 3. The molecule has 1 aliphatic rings. The number of amides is 1. The van der Waals surface area contributed by atoms with E-state index in [9.17, 15) is 18.0 Å². The maximum atomic E-state index is 12.9. The molecule has 0 spiro atoms. The molecule has 0 aliphatic carbocycles. The average Bonchev–Trinajstić information content (AvgIpc) is 3.14. The normalized spacial score (nSPS) is 15.3. The van der Waals surface area contributed by atoms with Gasteiger partial charge >= 0.3 is 6.18 Å². The number of benzene rings is 2. The van der Waals surface area contributed by atoms with Gasteiger partial charge in [0.1, 0.15) is 5.75 Å². The van der Waals surface area contributed by atoms with Gasteiger partial charge in [0.05, 0.1) is 29.4 Å². The van der Waals surface area contributed by atoms with Gasteiger partial charge < -0.3 is 15.0 Å². The summed E-state index contributed by atoms with van der Waals surface area (Å²) in [6.07, 6.45) is -4.36. The maximum Gasteiger partial charge on any atom is 0.416 e. The van der Waals surface area contributed by atoms with Crippen molar-refractivity contribution in [2.45, 2.75) is 6.18 Å². The number of thiazole rings is 1. The molecular weight excluding hydrogens is 429 g/mol. The number of carbonyl (C=O) groups excluding carboxylic acids is 1. The number of piperazine rings is 1.